The van der Waals surface area contributed by atoms with Crippen molar-refractivity contribution in [2.24, 2.45) is 0 Å². The first-order valence-electron chi connectivity index (χ1n) is 6.99. The lowest BCUT2D eigenvalue weighted by Crippen LogP contribution is -2.62. The van der Waals surface area contributed by atoms with Crippen molar-refractivity contribution in [1.29, 1.82) is 0 Å². The first-order chi connectivity index (χ1) is 11.3. The average Bonchev–Trinajstić information content (AvgIpc) is 2.48. The molecular formula is C12H17F7O5S. The minimum absolute atomic E-state index is 0.0487. The van der Waals surface area contributed by atoms with Crippen molar-refractivity contribution in [3.63, 3.8) is 0 Å². The van der Waals surface area contributed by atoms with Crippen molar-refractivity contribution < 1.29 is 54.9 Å². The predicted octanol–water partition coefficient (Wildman–Crippen LogP) is 4.77. The topological polar surface area (TPSA) is 65.0 Å². The Morgan fingerprint density at radius 2 is 1.60 bits per heavy atom. The second-order valence-corrected chi connectivity index (χ2v) is 6.05. The highest BCUT2D eigenvalue weighted by molar-refractivity contribution is 7.95. The molecule has 0 aliphatic carbocycles. The molecule has 150 valence electrons. The minimum Gasteiger partial charge on any atom is -0.457 e. The first kappa shape index (κ1) is 24.2. The van der Waals surface area contributed by atoms with E-state index in [1.807, 2.05) is 0 Å². The Kier molecular flexibility index (Phi) is 9.47. The largest absolute Gasteiger partial charge is 0.457 e. The fraction of sp³-hybridized carbons (Fsp3) is 0.917. The summed E-state index contributed by atoms with van der Waals surface area (Å²) in [4.78, 5) is 11.6. The van der Waals surface area contributed by atoms with Gasteiger partial charge < -0.3 is 4.74 Å². The zero-order valence-electron chi connectivity index (χ0n) is 13.1. The van der Waals surface area contributed by atoms with Crippen LogP contribution in [-0.4, -0.2) is 40.6 Å². The van der Waals surface area contributed by atoms with Gasteiger partial charge in [-0.2, -0.15) is 26.3 Å². The van der Waals surface area contributed by atoms with Crippen LogP contribution in [0.15, 0.2) is 0 Å². The van der Waals surface area contributed by atoms with Gasteiger partial charge in [-0.25, -0.2) is 9.65 Å². The Morgan fingerprint density at radius 3 is 2.00 bits per heavy atom. The van der Waals surface area contributed by atoms with Gasteiger partial charge in [0.15, 0.2) is 6.10 Å². The predicted molar refractivity (Wildman–Crippen MR) is 71.8 cm³/mol. The molecule has 0 fully saturated rings. The zero-order chi connectivity index (χ0) is 19.9. The molecule has 0 aromatic carbocycles. The number of halogens is 7. The van der Waals surface area contributed by atoms with Gasteiger partial charge in [0.25, 0.3) is 0 Å². The van der Waals surface area contributed by atoms with Crippen LogP contribution in [0.2, 0.25) is 0 Å². The molecule has 0 saturated carbocycles. The molecule has 0 heterocycles. The molecule has 0 rings (SSSR count). The van der Waals surface area contributed by atoms with Gasteiger partial charge in [-0.15, -0.1) is 4.33 Å². The van der Waals surface area contributed by atoms with Gasteiger partial charge in [-0.3, -0.25) is 4.79 Å². The van der Waals surface area contributed by atoms with Crippen LogP contribution in [-0.2, 0) is 18.9 Å². The molecule has 2 unspecified atom stereocenters. The quantitative estimate of drug-likeness (QED) is 0.141. The van der Waals surface area contributed by atoms with Gasteiger partial charge in [-0.05, 0) is 19.8 Å². The van der Waals surface area contributed by atoms with E-state index in [1.54, 1.807) is 6.92 Å². The highest BCUT2D eigenvalue weighted by atomic mass is 32.2. The molecule has 0 saturated heterocycles. The summed E-state index contributed by atoms with van der Waals surface area (Å²) in [6, 6.07) is 0. The number of hydrogen-bond acceptors (Lipinski definition) is 6. The number of alkyl halides is 7. The lowest BCUT2D eigenvalue weighted by atomic mass is 9.92. The lowest BCUT2D eigenvalue weighted by Gasteiger charge is -2.36. The summed E-state index contributed by atoms with van der Waals surface area (Å²) in [5.41, 5.74) is -5.72. The molecule has 0 bridgehead atoms. The van der Waals surface area contributed by atoms with Crippen LogP contribution in [0.25, 0.3) is 0 Å². The Hall–Kier alpha value is -0.790. The van der Waals surface area contributed by atoms with Crippen molar-refractivity contribution in [2.45, 2.75) is 68.9 Å². The Balaban J connectivity index is 5.54. The molecular weight excluding hydrogens is 389 g/mol. The monoisotopic (exact) mass is 406 g/mol. The number of rotatable bonds is 10. The number of unbranched alkanes of at least 4 members (excludes halogenated alkanes) is 2. The van der Waals surface area contributed by atoms with Crippen molar-refractivity contribution in [3.8, 4) is 0 Å². The number of hydrogen-bond donors (Lipinski definition) is 1. The Morgan fingerprint density at radius 1 is 1.08 bits per heavy atom. The summed E-state index contributed by atoms with van der Waals surface area (Å²) in [5.74, 6) is -1.60. The van der Waals surface area contributed by atoms with E-state index < -0.39 is 41.8 Å². The van der Waals surface area contributed by atoms with Crippen molar-refractivity contribution in [3.05, 3.63) is 0 Å². The highest BCUT2D eigenvalue weighted by Gasteiger charge is 2.77. The summed E-state index contributed by atoms with van der Waals surface area (Å²) >= 11 is 0.0487. The maximum Gasteiger partial charge on any atom is 0.435 e. The van der Waals surface area contributed by atoms with E-state index in [-0.39, 0.29) is 24.9 Å². The van der Waals surface area contributed by atoms with E-state index in [2.05, 4.69) is 14.1 Å². The maximum absolute atomic E-state index is 14.1. The fourth-order valence-corrected chi connectivity index (χ4v) is 2.08. The third kappa shape index (κ3) is 6.46. The SMILES string of the molecule is CCCCCC(OC(=O)C(C)SOOO)C(F)(C(F)(F)F)C(F)(F)F. The summed E-state index contributed by atoms with van der Waals surface area (Å²) in [7, 11) is 0. The van der Waals surface area contributed by atoms with Gasteiger partial charge in [0.05, 0.1) is 0 Å². The Bertz CT molecular complexity index is 402. The zero-order valence-corrected chi connectivity index (χ0v) is 13.9. The number of carbonyl (C=O) groups excluding carboxylic acids is 1. The van der Waals surface area contributed by atoms with Crippen LogP contribution in [0.3, 0.4) is 0 Å². The van der Waals surface area contributed by atoms with Gasteiger partial charge in [0.1, 0.15) is 5.25 Å². The average molecular weight is 406 g/mol. The van der Waals surface area contributed by atoms with Crippen molar-refractivity contribution in [2.75, 3.05) is 0 Å². The van der Waals surface area contributed by atoms with Crippen molar-refractivity contribution in [1.82, 2.24) is 0 Å². The van der Waals surface area contributed by atoms with E-state index >= 15 is 0 Å². The normalized spacial score (nSPS) is 15.8. The van der Waals surface area contributed by atoms with Crippen molar-refractivity contribution >= 4 is 18.0 Å². The van der Waals surface area contributed by atoms with E-state index in [0.717, 1.165) is 6.92 Å². The van der Waals surface area contributed by atoms with Gasteiger partial charge >= 0.3 is 24.0 Å². The summed E-state index contributed by atoms with van der Waals surface area (Å²) in [5, 5.41) is 9.56. The molecule has 2 atom stereocenters. The second kappa shape index (κ2) is 9.78. The molecule has 25 heavy (non-hydrogen) atoms. The van der Waals surface area contributed by atoms with E-state index in [9.17, 15) is 35.5 Å². The maximum atomic E-state index is 14.1. The molecule has 0 amide bonds. The summed E-state index contributed by atoms with van der Waals surface area (Å²) in [6.07, 6.45) is -16.4. The third-order valence-electron chi connectivity index (χ3n) is 3.14. The molecule has 0 spiro atoms. The third-order valence-corrected chi connectivity index (χ3v) is 3.76. The van der Waals surface area contributed by atoms with Crippen LogP contribution in [0.1, 0.15) is 39.5 Å². The van der Waals surface area contributed by atoms with Crippen LogP contribution < -0.4 is 0 Å². The lowest BCUT2D eigenvalue weighted by molar-refractivity contribution is -0.432. The number of carbonyl (C=O) groups is 1. The standard InChI is InChI=1S/C12H17F7O5S/c1-3-4-5-6-8(22-9(20)7(2)25-24-23-21)10(13,11(14,15)16)12(17,18)19/h7-8,21H,3-6H2,1-2H3. The minimum atomic E-state index is -6.34. The van der Waals surface area contributed by atoms with E-state index in [0.29, 0.717) is 6.42 Å². The number of esters is 1. The molecule has 0 aromatic rings. The molecule has 0 aliphatic rings. The van der Waals surface area contributed by atoms with E-state index in [1.165, 1.54) is 0 Å². The first-order valence-corrected chi connectivity index (χ1v) is 7.79. The van der Waals surface area contributed by atoms with E-state index in [4.69, 9.17) is 5.26 Å². The molecule has 13 heteroatoms. The Labute approximate surface area is 142 Å². The highest BCUT2D eigenvalue weighted by Crippen LogP contribution is 2.50. The molecule has 0 aliphatic heterocycles. The van der Waals surface area contributed by atoms with Gasteiger partial charge in [0.2, 0.25) is 0 Å². The van der Waals surface area contributed by atoms with Crippen LogP contribution in [0, 0.1) is 0 Å². The second-order valence-electron chi connectivity index (χ2n) is 5.01. The smallest absolute Gasteiger partial charge is 0.435 e. The van der Waals surface area contributed by atoms with Gasteiger partial charge in [0, 0.05) is 12.0 Å². The molecule has 0 radical (unpaired) electrons. The van der Waals surface area contributed by atoms with Crippen LogP contribution >= 0.6 is 12.0 Å². The fourth-order valence-electron chi connectivity index (χ4n) is 1.80. The molecule has 1 N–H and O–H groups in total. The molecule has 5 nitrogen and oxygen atoms in total. The van der Waals surface area contributed by atoms with Crippen LogP contribution in [0.5, 0.6) is 0 Å². The summed E-state index contributed by atoms with van der Waals surface area (Å²) in [6.45, 7) is 2.61. The number of ether oxygens (including phenoxy) is 1. The van der Waals surface area contributed by atoms with Gasteiger partial charge in [-0.1, -0.05) is 24.8 Å². The molecule has 0 aromatic heterocycles. The van der Waals surface area contributed by atoms with Crippen LogP contribution in [0.4, 0.5) is 30.7 Å². The summed E-state index contributed by atoms with van der Waals surface area (Å²) < 4.78 is 99.2.